The minimum absolute atomic E-state index is 0.0124. The fraction of sp³-hybridized carbons (Fsp3) is 0.0833. The van der Waals surface area contributed by atoms with Gasteiger partial charge in [0.1, 0.15) is 6.61 Å². The maximum Gasteiger partial charge on any atom is 0.293 e. The highest BCUT2D eigenvalue weighted by Gasteiger charge is 2.35. The Morgan fingerprint density at radius 1 is 0.944 bits per heavy atom. The van der Waals surface area contributed by atoms with Crippen LogP contribution in [0.1, 0.15) is 16.7 Å². The lowest BCUT2D eigenvalue weighted by Crippen LogP contribution is -2.27. The van der Waals surface area contributed by atoms with Crippen LogP contribution in [0.3, 0.4) is 0 Å². The number of carbonyl (C=O) groups excluding carboxylic acids is 2. The molecular weight excluding hydrogens is 570 g/mol. The van der Waals surface area contributed by atoms with Gasteiger partial charge in [-0.1, -0.05) is 64.6 Å². The van der Waals surface area contributed by atoms with E-state index >= 15 is 0 Å². The van der Waals surface area contributed by atoms with Crippen LogP contribution in [-0.2, 0) is 17.9 Å². The number of benzene rings is 3. The summed E-state index contributed by atoms with van der Waals surface area (Å²) in [6, 6.07) is 13.8. The molecule has 184 valence electrons. The Morgan fingerprint density at radius 2 is 1.61 bits per heavy atom. The van der Waals surface area contributed by atoms with E-state index in [2.05, 4.69) is 0 Å². The predicted molar refractivity (Wildman–Crippen MR) is 142 cm³/mol. The van der Waals surface area contributed by atoms with Crippen LogP contribution in [-0.4, -0.2) is 21.0 Å². The molecule has 0 unspecified atom stereocenters. The molecule has 0 aromatic heterocycles. The van der Waals surface area contributed by atoms with E-state index in [1.807, 2.05) is 0 Å². The van der Waals surface area contributed by atoms with Crippen molar-refractivity contribution in [1.29, 1.82) is 0 Å². The average molecular weight is 584 g/mol. The second-order valence-electron chi connectivity index (χ2n) is 7.53. The minimum atomic E-state index is -0.522. The number of non-ortho nitro benzene ring substituents is 1. The minimum Gasteiger partial charge on any atom is -0.486 e. The molecule has 3 aromatic rings. The third-order valence-corrected chi connectivity index (χ3v) is 7.12. The Balaban J connectivity index is 1.48. The van der Waals surface area contributed by atoms with Gasteiger partial charge in [0.2, 0.25) is 0 Å². The van der Waals surface area contributed by atoms with E-state index in [1.165, 1.54) is 30.3 Å². The van der Waals surface area contributed by atoms with Crippen molar-refractivity contribution in [3.05, 3.63) is 106 Å². The van der Waals surface area contributed by atoms with Crippen molar-refractivity contribution in [3.8, 4) is 5.75 Å². The molecule has 0 bridgehead atoms. The number of amides is 2. The highest BCUT2D eigenvalue weighted by Crippen LogP contribution is 2.38. The summed E-state index contributed by atoms with van der Waals surface area (Å²) in [4.78, 5) is 36.8. The van der Waals surface area contributed by atoms with Crippen molar-refractivity contribution >= 4 is 81.1 Å². The van der Waals surface area contributed by atoms with E-state index in [4.69, 9.17) is 51.1 Å². The lowest BCUT2D eigenvalue weighted by Gasteiger charge is -2.13. The second-order valence-corrected chi connectivity index (χ2v) is 10.2. The van der Waals surface area contributed by atoms with Crippen LogP contribution in [0.15, 0.2) is 59.5 Å². The van der Waals surface area contributed by atoms with Gasteiger partial charge in [-0.15, -0.1) is 0 Å². The molecule has 1 fully saturated rings. The van der Waals surface area contributed by atoms with Crippen molar-refractivity contribution in [2.24, 2.45) is 0 Å². The maximum atomic E-state index is 12.8. The van der Waals surface area contributed by atoms with E-state index in [-0.39, 0.29) is 39.5 Å². The molecule has 0 radical (unpaired) electrons. The SMILES string of the molecule is O=C1S/C(=C\c2cc(Cl)c(OCc3ccc(Cl)cc3Cl)c(Cl)c2)C(=O)N1Cc1ccc([N+](=O)[O-])cc1. The standard InChI is InChI=1S/C24H14Cl4N2O5S/c25-16-4-3-15(18(26)10-16)12-35-22-19(27)7-14(8-20(22)28)9-21-23(31)29(24(32)36-21)11-13-1-5-17(6-2-13)30(33)34/h1-10H,11-12H2/b21-9-. The van der Waals surface area contributed by atoms with Crippen molar-refractivity contribution in [2.45, 2.75) is 13.2 Å². The molecular formula is C24H14Cl4N2O5S. The number of thioether (sulfide) groups is 1. The molecule has 1 saturated heterocycles. The van der Waals surface area contributed by atoms with Crippen LogP contribution in [0.25, 0.3) is 6.08 Å². The Morgan fingerprint density at radius 3 is 2.22 bits per heavy atom. The average Bonchev–Trinajstić information content (AvgIpc) is 3.07. The van der Waals surface area contributed by atoms with Crippen LogP contribution in [0, 0.1) is 10.1 Å². The van der Waals surface area contributed by atoms with Gasteiger partial charge in [0.15, 0.2) is 5.75 Å². The zero-order valence-electron chi connectivity index (χ0n) is 18.0. The first-order valence-electron chi connectivity index (χ1n) is 10.2. The van der Waals surface area contributed by atoms with Gasteiger partial charge in [-0.2, -0.15) is 0 Å². The molecule has 36 heavy (non-hydrogen) atoms. The molecule has 12 heteroatoms. The summed E-state index contributed by atoms with van der Waals surface area (Å²) in [6.07, 6.45) is 1.51. The molecule has 2 amide bonds. The van der Waals surface area contributed by atoms with Gasteiger partial charge in [-0.3, -0.25) is 24.6 Å². The molecule has 1 aliphatic heterocycles. The largest absolute Gasteiger partial charge is 0.486 e. The normalized spacial score (nSPS) is 14.6. The summed E-state index contributed by atoms with van der Waals surface area (Å²) in [6.45, 7) is 0.0951. The number of ether oxygens (including phenoxy) is 1. The molecule has 0 N–H and O–H groups in total. The number of hydrogen-bond donors (Lipinski definition) is 0. The van der Waals surface area contributed by atoms with E-state index < -0.39 is 16.1 Å². The summed E-state index contributed by atoms with van der Waals surface area (Å²) in [7, 11) is 0. The molecule has 1 aliphatic rings. The number of nitrogens with zero attached hydrogens (tertiary/aromatic N) is 2. The van der Waals surface area contributed by atoms with E-state index in [0.29, 0.717) is 26.7 Å². The van der Waals surface area contributed by atoms with Gasteiger partial charge in [0.25, 0.3) is 16.8 Å². The summed E-state index contributed by atoms with van der Waals surface area (Å²) in [5, 5.41) is 11.7. The number of nitro groups is 1. The van der Waals surface area contributed by atoms with Crippen LogP contribution in [0.5, 0.6) is 5.75 Å². The summed E-state index contributed by atoms with van der Waals surface area (Å²) in [5.74, 6) is -0.249. The third kappa shape index (κ3) is 5.96. The topological polar surface area (TPSA) is 89.8 Å². The van der Waals surface area contributed by atoms with Crippen LogP contribution in [0.4, 0.5) is 10.5 Å². The first-order chi connectivity index (χ1) is 17.1. The second kappa shape index (κ2) is 11.1. The van der Waals surface area contributed by atoms with Gasteiger partial charge < -0.3 is 4.74 Å². The third-order valence-electron chi connectivity index (χ3n) is 5.07. The number of nitro benzene ring substituents is 1. The molecule has 1 heterocycles. The molecule has 0 saturated carbocycles. The number of halogens is 4. The molecule has 0 atom stereocenters. The lowest BCUT2D eigenvalue weighted by atomic mass is 10.1. The Bertz CT molecular complexity index is 1390. The lowest BCUT2D eigenvalue weighted by molar-refractivity contribution is -0.384. The van der Waals surface area contributed by atoms with Gasteiger partial charge in [0.05, 0.1) is 26.4 Å². The van der Waals surface area contributed by atoms with E-state index in [0.717, 1.165) is 16.7 Å². The number of carbonyl (C=O) groups is 2. The zero-order valence-corrected chi connectivity index (χ0v) is 21.9. The Labute approximate surface area is 229 Å². The molecule has 7 nitrogen and oxygen atoms in total. The monoisotopic (exact) mass is 582 g/mol. The van der Waals surface area contributed by atoms with Gasteiger partial charge in [-0.25, -0.2) is 0 Å². The quantitative estimate of drug-likeness (QED) is 0.159. The molecule has 3 aromatic carbocycles. The van der Waals surface area contributed by atoms with Gasteiger partial charge in [-0.05, 0) is 53.2 Å². The van der Waals surface area contributed by atoms with Crippen LogP contribution >= 0.6 is 58.2 Å². The predicted octanol–water partition coefficient (Wildman–Crippen LogP) is 8.02. The van der Waals surface area contributed by atoms with Gasteiger partial charge >= 0.3 is 0 Å². The summed E-state index contributed by atoms with van der Waals surface area (Å²) >= 11 is 25.6. The van der Waals surface area contributed by atoms with Crippen molar-refractivity contribution in [3.63, 3.8) is 0 Å². The molecule has 4 rings (SSSR count). The first kappa shape index (κ1) is 26.3. The Hall–Kier alpha value is -2.75. The number of hydrogen-bond acceptors (Lipinski definition) is 6. The smallest absolute Gasteiger partial charge is 0.293 e. The highest BCUT2D eigenvalue weighted by molar-refractivity contribution is 8.18. The summed E-state index contributed by atoms with van der Waals surface area (Å²) in [5.41, 5.74) is 1.70. The fourth-order valence-electron chi connectivity index (χ4n) is 3.28. The van der Waals surface area contributed by atoms with E-state index in [1.54, 1.807) is 30.3 Å². The van der Waals surface area contributed by atoms with Gasteiger partial charge in [0, 0.05) is 27.7 Å². The van der Waals surface area contributed by atoms with Crippen LogP contribution < -0.4 is 4.74 Å². The molecule has 0 spiro atoms. The first-order valence-corrected chi connectivity index (χ1v) is 12.5. The van der Waals surface area contributed by atoms with E-state index in [9.17, 15) is 19.7 Å². The zero-order chi connectivity index (χ0) is 26.0. The summed E-state index contributed by atoms with van der Waals surface area (Å²) < 4.78 is 5.76. The van der Waals surface area contributed by atoms with Crippen LogP contribution in [0.2, 0.25) is 20.1 Å². The van der Waals surface area contributed by atoms with Crippen molar-refractivity contribution in [2.75, 3.05) is 0 Å². The van der Waals surface area contributed by atoms with Crippen molar-refractivity contribution < 1.29 is 19.2 Å². The maximum absolute atomic E-state index is 12.8. The fourth-order valence-corrected chi connectivity index (χ4v) is 5.20. The highest BCUT2D eigenvalue weighted by atomic mass is 35.5. The number of rotatable bonds is 7. The number of imide groups is 1. The van der Waals surface area contributed by atoms with Crippen molar-refractivity contribution in [1.82, 2.24) is 4.90 Å². The molecule has 0 aliphatic carbocycles. The Kier molecular flexibility index (Phi) is 8.12.